The van der Waals surface area contributed by atoms with Crippen molar-refractivity contribution in [3.05, 3.63) is 0 Å². The maximum absolute atomic E-state index is 14.4. The highest BCUT2D eigenvalue weighted by atomic mass is 16.7. The Kier molecular flexibility index (Phi) is 14.9. The number of carbonyl (C=O) groups is 2. The van der Waals surface area contributed by atoms with Crippen molar-refractivity contribution in [1.29, 1.82) is 0 Å². The van der Waals surface area contributed by atoms with Crippen LogP contribution in [0.4, 0.5) is 0 Å². The highest BCUT2D eigenvalue weighted by Gasteiger charge is 2.58. The van der Waals surface area contributed by atoms with Crippen LogP contribution in [0.1, 0.15) is 118 Å². The molecule has 6 aliphatic carbocycles. The molecule has 15 atom stereocenters. The van der Waals surface area contributed by atoms with E-state index in [0.717, 1.165) is 51.5 Å². The summed E-state index contributed by atoms with van der Waals surface area (Å²) in [5.41, 5.74) is 12.2. The fourth-order valence-electron chi connectivity index (χ4n) is 13.1. The third-order valence-electron chi connectivity index (χ3n) is 16.0. The van der Waals surface area contributed by atoms with E-state index in [0.29, 0.717) is 42.1 Å². The van der Waals surface area contributed by atoms with Crippen molar-refractivity contribution in [2.24, 2.45) is 75.1 Å². The standard InChI is InChI=1S/C44H79N7O6/c1-25-35-20-31(44(35,3)4)21-36(25)49-42(55)39-38(26(2)53)37(24-52)57-51(39)22-28-14-11-15-34(40(28)56-7)29-17-30(19-32(18-29)48-43(45)46)41(54)47-33(23-50(5)6)16-27-12-9-8-10-13-27/h25-40,52-53H,8-24H2,1-7H3,(H,47,54)(H,49,55)(H4,45,46,48)/t25-,26?,28?,29?,30?,31+,32?,33-,34?,35-,36-,37-,38?,39-,40?/m0/s1. The largest absolute Gasteiger partial charge is 0.394 e. The van der Waals surface area contributed by atoms with E-state index in [4.69, 9.17) is 21.0 Å². The van der Waals surface area contributed by atoms with Gasteiger partial charge in [-0.1, -0.05) is 59.3 Å². The molecular formula is C44H79N7O6. The van der Waals surface area contributed by atoms with Crippen LogP contribution in [0.25, 0.3) is 0 Å². The molecule has 1 aliphatic heterocycles. The molecule has 0 aromatic rings. The van der Waals surface area contributed by atoms with Crippen LogP contribution in [0.15, 0.2) is 4.99 Å². The number of methoxy groups -OCH3 is 1. The molecule has 2 bridgehead atoms. The third-order valence-corrected chi connectivity index (χ3v) is 16.0. The number of aliphatic hydroxyl groups excluding tert-OH is 2. The molecule has 0 aromatic carbocycles. The second kappa shape index (κ2) is 19.1. The summed E-state index contributed by atoms with van der Waals surface area (Å²) >= 11 is 0. The number of hydroxylamine groups is 2. The summed E-state index contributed by atoms with van der Waals surface area (Å²) in [5, 5.41) is 30.1. The summed E-state index contributed by atoms with van der Waals surface area (Å²) < 4.78 is 6.41. The van der Waals surface area contributed by atoms with Crippen LogP contribution in [0, 0.1) is 58.7 Å². The second-order valence-electron chi connectivity index (χ2n) is 20.4. The van der Waals surface area contributed by atoms with Gasteiger partial charge in [0.25, 0.3) is 0 Å². The quantitative estimate of drug-likeness (QED) is 0.105. The van der Waals surface area contributed by atoms with Gasteiger partial charge in [0.15, 0.2) is 5.96 Å². The number of carbonyl (C=O) groups excluding carboxylic acids is 2. The number of nitrogens with two attached hydrogens (primary N) is 2. The number of aliphatic hydroxyl groups is 2. The van der Waals surface area contributed by atoms with Crippen molar-refractivity contribution in [2.45, 2.75) is 160 Å². The first kappa shape index (κ1) is 44.5. The van der Waals surface area contributed by atoms with Crippen LogP contribution in [-0.4, -0.2) is 121 Å². The van der Waals surface area contributed by atoms with Gasteiger partial charge in [0.1, 0.15) is 12.1 Å². The van der Waals surface area contributed by atoms with Crippen molar-refractivity contribution in [1.82, 2.24) is 20.6 Å². The monoisotopic (exact) mass is 802 g/mol. The van der Waals surface area contributed by atoms with Crippen LogP contribution in [0.3, 0.4) is 0 Å². The van der Waals surface area contributed by atoms with Gasteiger partial charge in [0, 0.05) is 50.0 Å². The van der Waals surface area contributed by atoms with Gasteiger partial charge in [0.05, 0.1) is 24.9 Å². The number of hydrogen-bond donors (Lipinski definition) is 6. The molecule has 13 heteroatoms. The number of nitrogens with one attached hydrogen (secondary N) is 2. The van der Waals surface area contributed by atoms with Crippen molar-refractivity contribution in [3.63, 3.8) is 0 Å². The molecule has 2 amide bonds. The zero-order valence-corrected chi connectivity index (χ0v) is 36.3. The molecule has 6 saturated carbocycles. The Morgan fingerprint density at radius 2 is 1.75 bits per heavy atom. The lowest BCUT2D eigenvalue weighted by atomic mass is 9.45. The van der Waals surface area contributed by atoms with Gasteiger partial charge < -0.3 is 42.0 Å². The molecule has 7 fully saturated rings. The van der Waals surface area contributed by atoms with Crippen LogP contribution >= 0.6 is 0 Å². The molecule has 7 rings (SSSR count). The lowest BCUT2D eigenvalue weighted by molar-refractivity contribution is -0.193. The van der Waals surface area contributed by atoms with E-state index in [1.165, 1.54) is 38.5 Å². The maximum Gasteiger partial charge on any atom is 0.240 e. The predicted molar refractivity (Wildman–Crippen MR) is 222 cm³/mol. The Morgan fingerprint density at radius 1 is 1.02 bits per heavy atom. The lowest BCUT2D eigenvalue weighted by Gasteiger charge is -2.62. The fraction of sp³-hybridized carbons (Fsp3) is 0.932. The van der Waals surface area contributed by atoms with Crippen molar-refractivity contribution < 1.29 is 29.4 Å². The predicted octanol–water partition coefficient (Wildman–Crippen LogP) is 3.65. The van der Waals surface area contributed by atoms with Gasteiger partial charge in [-0.2, -0.15) is 5.06 Å². The van der Waals surface area contributed by atoms with Crippen LogP contribution in [0.2, 0.25) is 0 Å². The Bertz CT molecular complexity index is 1370. The summed E-state index contributed by atoms with van der Waals surface area (Å²) in [7, 11) is 5.92. The maximum atomic E-state index is 14.4. The second-order valence-corrected chi connectivity index (χ2v) is 20.4. The minimum Gasteiger partial charge on any atom is -0.394 e. The number of likely N-dealkylation sites (N-methyl/N-ethyl adjacent to an activating group) is 1. The number of guanidine groups is 1. The zero-order valence-electron chi connectivity index (χ0n) is 36.3. The average molecular weight is 802 g/mol. The highest BCUT2D eigenvalue weighted by molar-refractivity contribution is 5.83. The van der Waals surface area contributed by atoms with Crippen LogP contribution < -0.4 is 22.1 Å². The van der Waals surface area contributed by atoms with Gasteiger partial charge >= 0.3 is 0 Å². The molecule has 57 heavy (non-hydrogen) atoms. The van der Waals surface area contributed by atoms with E-state index >= 15 is 0 Å². The highest BCUT2D eigenvalue weighted by Crippen LogP contribution is 2.61. The molecule has 8 unspecified atom stereocenters. The molecular weight excluding hydrogens is 723 g/mol. The van der Waals surface area contributed by atoms with Gasteiger partial charge in [0.2, 0.25) is 11.8 Å². The van der Waals surface area contributed by atoms with Crippen LogP contribution in [0.5, 0.6) is 0 Å². The smallest absolute Gasteiger partial charge is 0.240 e. The normalized spacial score (nSPS) is 39.5. The topological polar surface area (TPSA) is 188 Å². The van der Waals surface area contributed by atoms with Gasteiger partial charge in [-0.05, 0) is 113 Å². The van der Waals surface area contributed by atoms with E-state index in [2.05, 4.69) is 55.4 Å². The first-order valence-corrected chi connectivity index (χ1v) is 22.7. The Hall–Kier alpha value is -2.03. The van der Waals surface area contributed by atoms with E-state index in [1.807, 2.05) is 0 Å². The van der Waals surface area contributed by atoms with Crippen LogP contribution in [-0.2, 0) is 19.2 Å². The van der Waals surface area contributed by atoms with Gasteiger partial charge in [-0.3, -0.25) is 19.4 Å². The van der Waals surface area contributed by atoms with Gasteiger partial charge in [-0.15, -0.1) is 0 Å². The Balaban J connectivity index is 1.17. The fourth-order valence-corrected chi connectivity index (χ4v) is 13.1. The lowest BCUT2D eigenvalue weighted by Crippen LogP contribution is -2.62. The van der Waals surface area contributed by atoms with Crippen molar-refractivity contribution >= 4 is 17.8 Å². The van der Waals surface area contributed by atoms with Gasteiger partial charge in [-0.25, -0.2) is 0 Å². The number of hydrogen-bond acceptors (Lipinski definition) is 9. The summed E-state index contributed by atoms with van der Waals surface area (Å²) in [6.45, 7) is 9.63. The number of aliphatic imine (C=N–C) groups is 1. The molecule has 0 spiro atoms. The Labute approximate surface area is 343 Å². The summed E-state index contributed by atoms with van der Waals surface area (Å²) in [4.78, 5) is 41.8. The first-order valence-electron chi connectivity index (χ1n) is 22.7. The van der Waals surface area contributed by atoms with Crippen molar-refractivity contribution in [2.75, 3.05) is 40.9 Å². The minimum absolute atomic E-state index is 0.0360. The first-order chi connectivity index (χ1) is 27.1. The number of nitrogens with zero attached hydrogens (tertiary/aromatic N) is 3. The van der Waals surface area contributed by atoms with E-state index in [-0.39, 0.29) is 72.3 Å². The molecule has 0 radical (unpaired) electrons. The molecule has 326 valence electrons. The number of ether oxygens (including phenoxy) is 1. The summed E-state index contributed by atoms with van der Waals surface area (Å²) in [6, 6.07) is -0.721. The number of rotatable bonds is 15. The number of amides is 2. The molecule has 7 aliphatic rings. The molecule has 13 nitrogen and oxygen atoms in total. The van der Waals surface area contributed by atoms with Crippen molar-refractivity contribution in [3.8, 4) is 0 Å². The molecule has 1 saturated heterocycles. The third kappa shape index (κ3) is 10.1. The molecule has 0 aromatic heterocycles. The van der Waals surface area contributed by atoms with E-state index in [9.17, 15) is 19.8 Å². The summed E-state index contributed by atoms with van der Waals surface area (Å²) in [6.07, 6.45) is 12.8. The summed E-state index contributed by atoms with van der Waals surface area (Å²) in [5.74, 6) is 1.79. The molecule has 8 N–H and O–H groups in total. The molecule has 1 heterocycles. The minimum atomic E-state index is -0.853. The number of fused-ring (bicyclic) bond motifs is 2. The SMILES string of the molecule is COC1C(CN2O[C@@H](CO)C(C(C)O)[C@H]2C(=O)N[C@H]2C[C@H]3C[C@@H]([C@@H]2C)C3(C)C)CCCC1C1CC(N=C(N)N)CC(C(=O)N[C@@H](CC2CCCCC2)CN(C)C)C1. The average Bonchev–Trinajstić information content (AvgIpc) is 3.53. The zero-order chi connectivity index (χ0) is 41.2. The Morgan fingerprint density at radius 3 is 2.37 bits per heavy atom. The van der Waals surface area contributed by atoms with E-state index in [1.54, 1.807) is 19.1 Å². The van der Waals surface area contributed by atoms with E-state index < -0.39 is 24.2 Å².